The Morgan fingerprint density at radius 2 is 2.00 bits per heavy atom. The van der Waals surface area contributed by atoms with Gasteiger partial charge < -0.3 is 4.84 Å². The molecule has 72 valence electrons. The Morgan fingerprint density at radius 1 is 1.38 bits per heavy atom. The Bertz CT molecular complexity index is 286. The molecule has 2 nitrogen and oxygen atoms in total. The molecule has 0 aromatic heterocycles. The van der Waals surface area contributed by atoms with Gasteiger partial charge in [-0.2, -0.15) is 0 Å². The van der Waals surface area contributed by atoms with Crippen molar-refractivity contribution >= 4 is 0 Å². The lowest BCUT2D eigenvalue weighted by molar-refractivity contribution is 0.0951. The second-order valence-electron chi connectivity index (χ2n) is 3.67. The first-order valence-electron chi connectivity index (χ1n) is 4.14. The van der Waals surface area contributed by atoms with Crippen LogP contribution in [0.2, 0.25) is 0 Å². The Morgan fingerprint density at radius 3 is 2.54 bits per heavy atom. The van der Waals surface area contributed by atoms with Gasteiger partial charge >= 0.3 is 0 Å². The molecule has 1 rings (SSSR count). The van der Waals surface area contributed by atoms with Gasteiger partial charge in [0.05, 0.1) is 6.61 Å². The summed E-state index contributed by atoms with van der Waals surface area (Å²) in [6, 6.07) is 6.65. The number of nitrogens with two attached hydrogens (primary N) is 1. The van der Waals surface area contributed by atoms with Crippen molar-refractivity contribution in [2.24, 2.45) is 5.90 Å². The lowest BCUT2D eigenvalue weighted by Gasteiger charge is -2.23. The third kappa shape index (κ3) is 2.26. The van der Waals surface area contributed by atoms with E-state index in [1.807, 2.05) is 13.8 Å². The largest absolute Gasteiger partial charge is 0.304 e. The Labute approximate surface area is 77.5 Å². The highest BCUT2D eigenvalue weighted by Crippen LogP contribution is 2.25. The first-order valence-corrected chi connectivity index (χ1v) is 4.14. The molecule has 3 heteroatoms. The summed E-state index contributed by atoms with van der Waals surface area (Å²) >= 11 is 0. The van der Waals surface area contributed by atoms with Gasteiger partial charge in [-0.05, 0) is 11.6 Å². The van der Waals surface area contributed by atoms with E-state index in [1.54, 1.807) is 18.2 Å². The maximum absolute atomic E-state index is 13.3. The monoisotopic (exact) mass is 183 g/mol. The van der Waals surface area contributed by atoms with Crippen LogP contribution < -0.4 is 5.90 Å². The normalized spacial score (nSPS) is 11.7. The molecule has 1 aromatic carbocycles. The van der Waals surface area contributed by atoms with E-state index in [2.05, 4.69) is 4.84 Å². The summed E-state index contributed by atoms with van der Waals surface area (Å²) in [4.78, 5) is 4.55. The molecule has 0 spiro atoms. The third-order valence-corrected chi connectivity index (χ3v) is 2.05. The fourth-order valence-electron chi connectivity index (χ4n) is 1.30. The molecular formula is C10H14FNO. The van der Waals surface area contributed by atoms with Crippen molar-refractivity contribution in [2.45, 2.75) is 19.3 Å². The number of rotatable bonds is 3. The van der Waals surface area contributed by atoms with E-state index in [4.69, 9.17) is 5.90 Å². The highest BCUT2D eigenvalue weighted by Gasteiger charge is 2.23. The van der Waals surface area contributed by atoms with Gasteiger partial charge in [0.15, 0.2) is 0 Å². The Hall–Kier alpha value is -0.930. The molecule has 0 fully saturated rings. The second-order valence-corrected chi connectivity index (χ2v) is 3.67. The molecule has 0 aliphatic heterocycles. The van der Waals surface area contributed by atoms with E-state index in [1.165, 1.54) is 6.07 Å². The minimum Gasteiger partial charge on any atom is -0.304 e. The number of hydrogen-bond donors (Lipinski definition) is 1. The van der Waals surface area contributed by atoms with Gasteiger partial charge in [-0.3, -0.25) is 0 Å². The third-order valence-electron chi connectivity index (χ3n) is 2.05. The number of benzene rings is 1. The fraction of sp³-hybridized carbons (Fsp3) is 0.400. The van der Waals surface area contributed by atoms with Crippen LogP contribution in [0.5, 0.6) is 0 Å². The lowest BCUT2D eigenvalue weighted by Crippen LogP contribution is -2.27. The molecule has 0 radical (unpaired) electrons. The van der Waals surface area contributed by atoms with Gasteiger partial charge in [-0.1, -0.05) is 32.0 Å². The summed E-state index contributed by atoms with van der Waals surface area (Å²) in [6.07, 6.45) is 0. The number of hydrogen-bond acceptors (Lipinski definition) is 2. The van der Waals surface area contributed by atoms with E-state index >= 15 is 0 Å². The fourth-order valence-corrected chi connectivity index (χ4v) is 1.30. The number of halogens is 1. The van der Waals surface area contributed by atoms with Gasteiger partial charge in [0.2, 0.25) is 0 Å². The lowest BCUT2D eigenvalue weighted by atomic mass is 9.85. The van der Waals surface area contributed by atoms with Crippen LogP contribution in [0.15, 0.2) is 24.3 Å². The van der Waals surface area contributed by atoms with Crippen LogP contribution in [-0.4, -0.2) is 6.61 Å². The van der Waals surface area contributed by atoms with E-state index in [0.29, 0.717) is 12.2 Å². The molecule has 0 aliphatic carbocycles. The van der Waals surface area contributed by atoms with Crippen molar-refractivity contribution in [3.63, 3.8) is 0 Å². The second kappa shape index (κ2) is 3.85. The highest BCUT2D eigenvalue weighted by atomic mass is 19.1. The minimum atomic E-state index is -0.389. The van der Waals surface area contributed by atoms with E-state index < -0.39 is 0 Å². The van der Waals surface area contributed by atoms with Crippen LogP contribution in [0.3, 0.4) is 0 Å². The van der Waals surface area contributed by atoms with E-state index in [9.17, 15) is 4.39 Å². The average Bonchev–Trinajstić information content (AvgIpc) is 2.04. The minimum absolute atomic E-state index is 0.218. The molecule has 0 heterocycles. The zero-order valence-electron chi connectivity index (χ0n) is 7.88. The van der Waals surface area contributed by atoms with Gasteiger partial charge in [0.1, 0.15) is 5.82 Å². The maximum atomic E-state index is 13.3. The Kier molecular flexibility index (Phi) is 3.01. The molecule has 0 amide bonds. The smallest absolute Gasteiger partial charge is 0.127 e. The van der Waals surface area contributed by atoms with Crippen molar-refractivity contribution in [2.75, 3.05) is 6.61 Å². The van der Waals surface area contributed by atoms with Crippen molar-refractivity contribution in [1.29, 1.82) is 0 Å². The van der Waals surface area contributed by atoms with Crippen molar-refractivity contribution in [3.8, 4) is 0 Å². The molecule has 0 saturated heterocycles. The first-order chi connectivity index (χ1) is 6.08. The van der Waals surface area contributed by atoms with Crippen LogP contribution in [-0.2, 0) is 10.3 Å². The summed E-state index contributed by atoms with van der Waals surface area (Å²) in [7, 11) is 0. The molecule has 0 unspecified atom stereocenters. The summed E-state index contributed by atoms with van der Waals surface area (Å²) in [6.45, 7) is 4.07. The molecule has 1 aromatic rings. The SMILES string of the molecule is CC(C)(CON)c1ccccc1F. The summed E-state index contributed by atoms with van der Waals surface area (Å²) in [5.41, 5.74) is 0.237. The van der Waals surface area contributed by atoms with Crippen LogP contribution in [0.4, 0.5) is 4.39 Å². The molecule has 0 saturated carbocycles. The molecule has 13 heavy (non-hydrogen) atoms. The molecule has 0 bridgehead atoms. The quantitative estimate of drug-likeness (QED) is 0.727. The average molecular weight is 183 g/mol. The van der Waals surface area contributed by atoms with Crippen molar-refractivity contribution in [3.05, 3.63) is 35.6 Å². The first kappa shape index (κ1) is 10.2. The van der Waals surface area contributed by atoms with E-state index in [-0.39, 0.29) is 11.2 Å². The van der Waals surface area contributed by atoms with Gasteiger partial charge in [0.25, 0.3) is 0 Å². The van der Waals surface area contributed by atoms with E-state index in [0.717, 1.165) is 0 Å². The summed E-state index contributed by atoms with van der Waals surface area (Å²) < 4.78 is 13.3. The van der Waals surface area contributed by atoms with Crippen molar-refractivity contribution < 1.29 is 9.23 Å². The molecule has 2 N–H and O–H groups in total. The maximum Gasteiger partial charge on any atom is 0.127 e. The molecular weight excluding hydrogens is 169 g/mol. The Balaban J connectivity index is 2.99. The van der Waals surface area contributed by atoms with Gasteiger partial charge in [-0.25, -0.2) is 10.3 Å². The summed E-state index contributed by atoms with van der Waals surface area (Å²) in [5, 5.41) is 0. The summed E-state index contributed by atoms with van der Waals surface area (Å²) in [5.74, 6) is 4.76. The van der Waals surface area contributed by atoms with Crippen molar-refractivity contribution in [1.82, 2.24) is 0 Å². The zero-order chi connectivity index (χ0) is 9.90. The predicted molar refractivity (Wildman–Crippen MR) is 49.6 cm³/mol. The highest BCUT2D eigenvalue weighted by molar-refractivity contribution is 5.25. The van der Waals surface area contributed by atoms with Crippen LogP contribution in [0.1, 0.15) is 19.4 Å². The van der Waals surface area contributed by atoms with Crippen LogP contribution in [0, 0.1) is 5.82 Å². The van der Waals surface area contributed by atoms with Crippen LogP contribution >= 0.6 is 0 Å². The molecule has 0 aliphatic rings. The van der Waals surface area contributed by atoms with Gasteiger partial charge in [-0.15, -0.1) is 0 Å². The topological polar surface area (TPSA) is 35.2 Å². The zero-order valence-corrected chi connectivity index (χ0v) is 7.88. The van der Waals surface area contributed by atoms with Crippen LogP contribution in [0.25, 0.3) is 0 Å². The standard InChI is InChI=1S/C10H14FNO/c1-10(2,7-13-12)8-5-3-4-6-9(8)11/h3-6H,7,12H2,1-2H3. The predicted octanol–water partition coefficient (Wildman–Crippen LogP) is 1.99. The molecule has 0 atom stereocenters. The van der Waals surface area contributed by atoms with Gasteiger partial charge in [0, 0.05) is 5.41 Å².